The third kappa shape index (κ3) is 4.22. The molecule has 4 N–H and O–H groups in total. The minimum Gasteiger partial charge on any atom is -0.398 e. The van der Waals surface area contributed by atoms with E-state index in [4.69, 9.17) is 5.73 Å². The van der Waals surface area contributed by atoms with Crippen molar-refractivity contribution in [3.05, 3.63) is 29.6 Å². The summed E-state index contributed by atoms with van der Waals surface area (Å²) >= 11 is 0. The third-order valence-electron chi connectivity index (χ3n) is 3.07. The predicted molar refractivity (Wildman–Crippen MR) is 73.5 cm³/mol. The molecule has 6 heteroatoms. The van der Waals surface area contributed by atoms with Crippen molar-refractivity contribution in [2.45, 2.75) is 31.7 Å². The van der Waals surface area contributed by atoms with E-state index in [9.17, 15) is 14.0 Å². The van der Waals surface area contributed by atoms with Crippen LogP contribution in [0.1, 0.15) is 36.0 Å². The summed E-state index contributed by atoms with van der Waals surface area (Å²) in [5.41, 5.74) is 5.96. The van der Waals surface area contributed by atoms with Crippen LogP contribution < -0.4 is 16.4 Å². The molecule has 0 unspecified atom stereocenters. The summed E-state index contributed by atoms with van der Waals surface area (Å²) in [5.74, 6) is -0.926. The van der Waals surface area contributed by atoms with Crippen molar-refractivity contribution >= 4 is 17.5 Å². The Morgan fingerprint density at radius 1 is 1.35 bits per heavy atom. The molecule has 0 heterocycles. The number of amides is 2. The number of rotatable bonds is 6. The fraction of sp³-hybridized carbons (Fsp3) is 0.429. The molecule has 0 bridgehead atoms. The number of nitrogens with two attached hydrogens (primary N) is 1. The first kappa shape index (κ1) is 14.3. The summed E-state index contributed by atoms with van der Waals surface area (Å²) in [7, 11) is 0. The Morgan fingerprint density at radius 3 is 2.80 bits per heavy atom. The van der Waals surface area contributed by atoms with Crippen molar-refractivity contribution in [2.24, 2.45) is 0 Å². The van der Waals surface area contributed by atoms with Gasteiger partial charge in [-0.3, -0.25) is 9.59 Å². The fourth-order valence-electron chi connectivity index (χ4n) is 1.80. The van der Waals surface area contributed by atoms with E-state index in [0.29, 0.717) is 25.4 Å². The van der Waals surface area contributed by atoms with Crippen molar-refractivity contribution in [2.75, 3.05) is 12.3 Å². The smallest absolute Gasteiger partial charge is 0.253 e. The van der Waals surface area contributed by atoms with E-state index in [2.05, 4.69) is 10.6 Å². The molecule has 0 radical (unpaired) electrons. The van der Waals surface area contributed by atoms with Crippen molar-refractivity contribution < 1.29 is 14.0 Å². The average Bonchev–Trinajstić information content (AvgIpc) is 3.21. The van der Waals surface area contributed by atoms with E-state index in [1.54, 1.807) is 0 Å². The minimum atomic E-state index is -0.506. The highest BCUT2D eigenvalue weighted by Gasteiger charge is 2.22. The van der Waals surface area contributed by atoms with Crippen molar-refractivity contribution in [1.82, 2.24) is 10.6 Å². The molecule has 108 valence electrons. The number of anilines is 1. The summed E-state index contributed by atoms with van der Waals surface area (Å²) in [5, 5.41) is 5.49. The lowest BCUT2D eigenvalue weighted by molar-refractivity contribution is -0.121. The molecule has 0 aliphatic heterocycles. The van der Waals surface area contributed by atoms with Crippen LogP contribution in [0.15, 0.2) is 18.2 Å². The predicted octanol–water partition coefficient (Wildman–Crippen LogP) is 1.20. The molecule has 0 atom stereocenters. The normalized spacial score (nSPS) is 13.8. The van der Waals surface area contributed by atoms with E-state index < -0.39 is 11.7 Å². The highest BCUT2D eigenvalue weighted by molar-refractivity contribution is 5.99. The van der Waals surface area contributed by atoms with E-state index in [0.717, 1.165) is 18.9 Å². The van der Waals surface area contributed by atoms with Crippen molar-refractivity contribution in [1.29, 1.82) is 0 Å². The molecule has 2 amide bonds. The molecule has 2 rings (SSSR count). The monoisotopic (exact) mass is 279 g/mol. The van der Waals surface area contributed by atoms with Crippen LogP contribution in [0.3, 0.4) is 0 Å². The van der Waals surface area contributed by atoms with Crippen LogP contribution in [0.5, 0.6) is 0 Å². The maximum absolute atomic E-state index is 13.0. The van der Waals surface area contributed by atoms with Crippen molar-refractivity contribution in [3.63, 3.8) is 0 Å². The first-order valence-electron chi connectivity index (χ1n) is 6.69. The Hall–Kier alpha value is -2.11. The van der Waals surface area contributed by atoms with E-state index in [1.807, 2.05) is 0 Å². The Balaban J connectivity index is 1.71. The first-order valence-corrected chi connectivity index (χ1v) is 6.69. The third-order valence-corrected chi connectivity index (χ3v) is 3.07. The standard InChI is InChI=1S/C14H18FN3O2/c15-9-3-6-12(16)11(8-9)14(20)17-7-1-2-13(19)18-10-4-5-10/h3,6,8,10H,1-2,4-5,7,16H2,(H,17,20)(H,18,19). The van der Waals surface area contributed by atoms with E-state index in [-0.39, 0.29) is 17.2 Å². The lowest BCUT2D eigenvalue weighted by Crippen LogP contribution is -2.28. The molecule has 1 fully saturated rings. The second-order valence-electron chi connectivity index (χ2n) is 4.93. The van der Waals surface area contributed by atoms with Gasteiger partial charge in [0, 0.05) is 24.7 Å². The Labute approximate surface area is 116 Å². The molecule has 1 saturated carbocycles. The van der Waals surface area contributed by atoms with Crippen LogP contribution in [0.2, 0.25) is 0 Å². The van der Waals surface area contributed by atoms with Gasteiger partial charge in [-0.1, -0.05) is 0 Å². The van der Waals surface area contributed by atoms with E-state index >= 15 is 0 Å². The number of carbonyl (C=O) groups excluding carboxylic acids is 2. The van der Waals surface area contributed by atoms with Gasteiger partial charge in [-0.25, -0.2) is 4.39 Å². The van der Waals surface area contributed by atoms with Gasteiger partial charge in [0.1, 0.15) is 5.82 Å². The Kier molecular flexibility index (Phi) is 4.55. The van der Waals surface area contributed by atoms with Gasteiger partial charge in [0.05, 0.1) is 5.56 Å². The molecule has 0 saturated heterocycles. The molecular formula is C14H18FN3O2. The lowest BCUT2D eigenvalue weighted by atomic mass is 10.1. The second-order valence-corrected chi connectivity index (χ2v) is 4.93. The van der Waals surface area contributed by atoms with Gasteiger partial charge in [-0.05, 0) is 37.5 Å². The largest absolute Gasteiger partial charge is 0.398 e. The highest BCUT2D eigenvalue weighted by Crippen LogP contribution is 2.18. The molecule has 1 aliphatic rings. The van der Waals surface area contributed by atoms with E-state index in [1.165, 1.54) is 12.1 Å². The number of nitrogen functional groups attached to an aromatic ring is 1. The quantitative estimate of drug-likeness (QED) is 0.540. The average molecular weight is 279 g/mol. The SMILES string of the molecule is Nc1ccc(F)cc1C(=O)NCCCC(=O)NC1CC1. The highest BCUT2D eigenvalue weighted by atomic mass is 19.1. The number of nitrogens with one attached hydrogen (secondary N) is 2. The lowest BCUT2D eigenvalue weighted by Gasteiger charge is -2.08. The summed E-state index contributed by atoms with van der Waals surface area (Å²) < 4.78 is 13.0. The summed E-state index contributed by atoms with van der Waals surface area (Å²) in [4.78, 5) is 23.2. The van der Waals surface area contributed by atoms with Crippen LogP contribution in [-0.2, 0) is 4.79 Å². The molecule has 5 nitrogen and oxygen atoms in total. The minimum absolute atomic E-state index is 0.00650. The summed E-state index contributed by atoms with van der Waals surface area (Å²) in [6, 6.07) is 4.01. The Bertz CT molecular complexity index is 515. The van der Waals surface area contributed by atoms with Crippen LogP contribution in [0, 0.1) is 5.82 Å². The molecule has 1 aromatic rings. The van der Waals surface area contributed by atoms with Gasteiger partial charge in [0.25, 0.3) is 5.91 Å². The fourth-order valence-corrected chi connectivity index (χ4v) is 1.80. The summed E-state index contributed by atoms with van der Waals surface area (Å²) in [6.45, 7) is 0.354. The van der Waals surface area contributed by atoms with Crippen LogP contribution in [-0.4, -0.2) is 24.4 Å². The van der Waals surface area contributed by atoms with Gasteiger partial charge >= 0.3 is 0 Å². The number of hydrogen-bond donors (Lipinski definition) is 3. The number of halogens is 1. The van der Waals surface area contributed by atoms with Crippen LogP contribution in [0.25, 0.3) is 0 Å². The zero-order valence-corrected chi connectivity index (χ0v) is 11.1. The zero-order valence-electron chi connectivity index (χ0n) is 11.1. The molecule has 0 aromatic heterocycles. The number of carbonyl (C=O) groups is 2. The second kappa shape index (κ2) is 6.36. The molecule has 1 aromatic carbocycles. The van der Waals surface area contributed by atoms with Gasteiger partial charge in [0.2, 0.25) is 5.91 Å². The van der Waals surface area contributed by atoms with Gasteiger partial charge in [-0.2, -0.15) is 0 Å². The van der Waals surface area contributed by atoms with Crippen LogP contribution >= 0.6 is 0 Å². The first-order chi connectivity index (χ1) is 9.56. The zero-order chi connectivity index (χ0) is 14.5. The topological polar surface area (TPSA) is 84.2 Å². The van der Waals surface area contributed by atoms with Gasteiger partial charge in [-0.15, -0.1) is 0 Å². The molecular weight excluding hydrogens is 261 g/mol. The molecule has 20 heavy (non-hydrogen) atoms. The maximum atomic E-state index is 13.0. The van der Waals surface area contributed by atoms with Crippen LogP contribution in [0.4, 0.5) is 10.1 Å². The summed E-state index contributed by atoms with van der Waals surface area (Å²) in [6.07, 6.45) is 3.03. The maximum Gasteiger partial charge on any atom is 0.253 e. The number of hydrogen-bond acceptors (Lipinski definition) is 3. The Morgan fingerprint density at radius 2 is 2.10 bits per heavy atom. The molecule has 0 spiro atoms. The number of benzene rings is 1. The van der Waals surface area contributed by atoms with Gasteiger partial charge in [0.15, 0.2) is 0 Å². The van der Waals surface area contributed by atoms with Gasteiger partial charge < -0.3 is 16.4 Å². The van der Waals surface area contributed by atoms with Crippen molar-refractivity contribution in [3.8, 4) is 0 Å². The molecule has 1 aliphatic carbocycles.